The van der Waals surface area contributed by atoms with Crippen LogP contribution >= 0.6 is 0 Å². The predicted molar refractivity (Wildman–Crippen MR) is 83.4 cm³/mol. The molecule has 1 heterocycles. The van der Waals surface area contributed by atoms with Crippen LogP contribution in [0.1, 0.15) is 39.5 Å². The fourth-order valence-corrected chi connectivity index (χ4v) is 15.5. The van der Waals surface area contributed by atoms with E-state index in [2.05, 4.69) is 19.2 Å². The zero-order valence-electron chi connectivity index (χ0n) is 13.2. The molecule has 0 spiro atoms. The summed E-state index contributed by atoms with van der Waals surface area (Å²) in [5.74, 6) is -1.03. The second-order valence-corrected chi connectivity index (χ2v) is 16.3. The first-order chi connectivity index (χ1) is 10.0. The third-order valence-electron chi connectivity index (χ3n) is 3.88. The molecule has 7 heteroatoms. The van der Waals surface area contributed by atoms with Gasteiger partial charge in [-0.2, -0.15) is 0 Å². The number of carboxylic acids is 1. The average Bonchev–Trinajstić information content (AvgIpc) is 2.43. The molecule has 0 aromatic heterocycles. The summed E-state index contributed by atoms with van der Waals surface area (Å²) >= 11 is -3.39. The van der Waals surface area contributed by atoms with E-state index in [4.69, 9.17) is 3.07 Å². The Balaban J connectivity index is 3.00. The Labute approximate surface area is 132 Å². The third-order valence-corrected chi connectivity index (χ3v) is 16.5. The Morgan fingerprint density at radius 3 is 2.48 bits per heavy atom. The zero-order chi connectivity index (χ0) is 15.7. The Hall–Kier alpha value is -0.341. The number of rotatable bonds is 8. The quantitative estimate of drug-likeness (QED) is 0.595. The van der Waals surface area contributed by atoms with E-state index in [0.717, 1.165) is 34.6 Å². The maximum absolute atomic E-state index is 12.0. The summed E-state index contributed by atoms with van der Waals surface area (Å²) in [6.45, 7) is 5.80. The first-order valence-corrected chi connectivity index (χ1v) is 14.4. The molecule has 0 amide bonds. The summed E-state index contributed by atoms with van der Waals surface area (Å²) in [5.41, 5.74) is 0. The van der Waals surface area contributed by atoms with Crippen molar-refractivity contribution in [2.75, 3.05) is 26.2 Å². The van der Waals surface area contributed by atoms with Gasteiger partial charge in [0.05, 0.1) is 0 Å². The van der Waals surface area contributed by atoms with Gasteiger partial charge >= 0.3 is 132 Å². The Morgan fingerprint density at radius 1 is 1.33 bits per heavy atom. The molecule has 6 nitrogen and oxygen atoms in total. The van der Waals surface area contributed by atoms with Crippen LogP contribution in [0.3, 0.4) is 0 Å². The van der Waals surface area contributed by atoms with E-state index >= 15 is 0 Å². The number of carbonyl (C=O) groups excluding carboxylic acids is 1. The second kappa shape index (κ2) is 9.63. The van der Waals surface area contributed by atoms with Gasteiger partial charge in [0.25, 0.3) is 0 Å². The summed E-state index contributed by atoms with van der Waals surface area (Å²) in [7, 11) is 0. The predicted octanol–water partition coefficient (Wildman–Crippen LogP) is 1.56. The molecule has 1 fully saturated rings. The van der Waals surface area contributed by atoms with Gasteiger partial charge in [-0.1, -0.05) is 0 Å². The van der Waals surface area contributed by atoms with Crippen LogP contribution in [-0.4, -0.2) is 65.4 Å². The van der Waals surface area contributed by atoms with E-state index in [-0.39, 0.29) is 19.1 Å². The van der Waals surface area contributed by atoms with Crippen molar-refractivity contribution in [3.8, 4) is 0 Å². The molecule has 1 aliphatic heterocycles. The van der Waals surface area contributed by atoms with Gasteiger partial charge in [0, 0.05) is 0 Å². The monoisotopic (exact) mass is 408 g/mol. The minimum absolute atomic E-state index is 0.00152. The van der Waals surface area contributed by atoms with Gasteiger partial charge in [-0.15, -0.1) is 0 Å². The van der Waals surface area contributed by atoms with Crippen LogP contribution < -0.4 is 5.32 Å². The summed E-state index contributed by atoms with van der Waals surface area (Å²) in [6.07, 6.45) is 4.11. The van der Waals surface area contributed by atoms with Gasteiger partial charge in [-0.3, -0.25) is 0 Å². The molecule has 21 heavy (non-hydrogen) atoms. The summed E-state index contributed by atoms with van der Waals surface area (Å²) < 4.78 is 9.82. The van der Waals surface area contributed by atoms with Crippen LogP contribution in [0.15, 0.2) is 0 Å². The van der Waals surface area contributed by atoms with Gasteiger partial charge < -0.3 is 0 Å². The number of hydrogen-bond acceptors (Lipinski definition) is 5. The molecule has 0 radical (unpaired) electrons. The van der Waals surface area contributed by atoms with Crippen molar-refractivity contribution in [3.05, 3.63) is 0 Å². The van der Waals surface area contributed by atoms with E-state index in [9.17, 15) is 14.7 Å². The Bertz CT molecular complexity index is 344. The molecule has 1 rings (SSSR count). The van der Waals surface area contributed by atoms with Crippen molar-refractivity contribution in [1.82, 2.24) is 8.44 Å². The van der Waals surface area contributed by atoms with Gasteiger partial charge in [-0.05, 0) is 0 Å². The molecule has 0 bridgehead atoms. The Morgan fingerprint density at radius 2 is 1.95 bits per heavy atom. The summed E-state index contributed by atoms with van der Waals surface area (Å²) in [4.78, 5) is 23.2. The zero-order valence-corrected chi connectivity index (χ0v) is 16.0. The average molecular weight is 407 g/mol. The SMILES string of the molecule is CCC[CH2][Sn]1([CH2]CCC)[O]C(=O)CNCC[N]1CC(=O)O. The van der Waals surface area contributed by atoms with Crippen molar-refractivity contribution >= 4 is 31.0 Å². The number of carboxylic acid groups (broad SMARTS) is 1. The fourth-order valence-electron chi connectivity index (χ4n) is 2.76. The molecule has 0 aliphatic carbocycles. The molecular weight excluding hydrogens is 379 g/mol. The molecular formula is C14H28N2O4Sn. The summed E-state index contributed by atoms with van der Waals surface area (Å²) in [6, 6.07) is 0. The summed E-state index contributed by atoms with van der Waals surface area (Å²) in [5, 5.41) is 12.2. The maximum atomic E-state index is 12.0. The van der Waals surface area contributed by atoms with Crippen LogP contribution in [-0.2, 0) is 12.7 Å². The normalized spacial score (nSPS) is 19.6. The molecule has 0 unspecified atom stereocenters. The van der Waals surface area contributed by atoms with Crippen molar-refractivity contribution in [3.63, 3.8) is 0 Å². The molecule has 2 N–H and O–H groups in total. The van der Waals surface area contributed by atoms with E-state index in [1.807, 2.05) is 3.12 Å². The number of aliphatic carboxylic acids is 1. The number of nitrogens with one attached hydrogen (secondary N) is 1. The first kappa shape index (κ1) is 18.7. The third kappa shape index (κ3) is 6.12. The van der Waals surface area contributed by atoms with Crippen molar-refractivity contribution in [1.29, 1.82) is 0 Å². The van der Waals surface area contributed by atoms with Crippen molar-refractivity contribution in [2.45, 2.75) is 48.4 Å². The van der Waals surface area contributed by atoms with E-state index in [1.54, 1.807) is 0 Å². The number of nitrogens with zero attached hydrogens (tertiary/aromatic N) is 1. The van der Waals surface area contributed by atoms with E-state index in [1.165, 1.54) is 0 Å². The molecule has 0 saturated carbocycles. The van der Waals surface area contributed by atoms with Crippen LogP contribution in [0, 0.1) is 0 Å². The van der Waals surface area contributed by atoms with E-state index in [0.29, 0.717) is 13.1 Å². The standard InChI is InChI=1S/C6H11N2O4.2C4H9.Sn/c9-5(10)3-7-1-2-8-4-6(11)12;2*1-3-4-2;/h7H,1-4H2,(H,9,10)(H,11,12);2*1,3-4H2,2H3;/q-1;;;+2/p-1. The molecule has 0 aromatic rings. The first-order valence-electron chi connectivity index (χ1n) is 7.93. The van der Waals surface area contributed by atoms with Crippen LogP contribution in [0.5, 0.6) is 0 Å². The van der Waals surface area contributed by atoms with Gasteiger partial charge in [0.15, 0.2) is 0 Å². The fraction of sp³-hybridized carbons (Fsp3) is 0.857. The van der Waals surface area contributed by atoms with Crippen molar-refractivity contribution in [2.24, 2.45) is 0 Å². The van der Waals surface area contributed by atoms with Gasteiger partial charge in [-0.25, -0.2) is 0 Å². The van der Waals surface area contributed by atoms with E-state index < -0.39 is 25.0 Å². The minimum atomic E-state index is -3.39. The molecule has 1 saturated heterocycles. The molecule has 0 aromatic carbocycles. The van der Waals surface area contributed by atoms with Gasteiger partial charge in [0.2, 0.25) is 0 Å². The van der Waals surface area contributed by atoms with Gasteiger partial charge in [0.1, 0.15) is 0 Å². The number of carbonyl (C=O) groups is 2. The molecule has 0 atom stereocenters. The number of hydrogen-bond donors (Lipinski definition) is 2. The number of unbranched alkanes of at least 4 members (excludes halogenated alkanes) is 2. The van der Waals surface area contributed by atoms with Crippen LogP contribution in [0.2, 0.25) is 8.87 Å². The molecule has 122 valence electrons. The molecule has 1 aliphatic rings. The second-order valence-electron chi connectivity index (χ2n) is 5.62. The van der Waals surface area contributed by atoms with Crippen molar-refractivity contribution < 1.29 is 17.8 Å². The topological polar surface area (TPSA) is 78.9 Å². The Kier molecular flexibility index (Phi) is 8.58. The van der Waals surface area contributed by atoms with Crippen LogP contribution in [0.4, 0.5) is 0 Å². The van der Waals surface area contributed by atoms with Crippen LogP contribution in [0.25, 0.3) is 0 Å².